The van der Waals surface area contributed by atoms with Gasteiger partial charge < -0.3 is 5.32 Å². The van der Waals surface area contributed by atoms with Crippen LogP contribution in [0.4, 0.5) is 9.18 Å². The van der Waals surface area contributed by atoms with E-state index in [0.29, 0.717) is 11.1 Å². The van der Waals surface area contributed by atoms with Crippen molar-refractivity contribution in [2.75, 3.05) is 6.54 Å². The number of halogens is 1. The van der Waals surface area contributed by atoms with Crippen molar-refractivity contribution >= 4 is 17.7 Å². The average molecular weight is 368 g/mol. The standard InChI is InChI=1S/C21H21FN2O3/c1-3-4-14-5-7-15(8-6-14)18(25)13-24-19(26)21(2,23-20(24)27)16-9-11-17(22)12-10-16/h5-12H,3-4,13H2,1-2H3,(H,23,27). The zero-order valence-corrected chi connectivity index (χ0v) is 15.3. The number of Topliss-reactive ketones (excluding diaryl/α,β-unsaturated/α-hetero) is 1. The van der Waals surface area contributed by atoms with Gasteiger partial charge in [-0.3, -0.25) is 14.5 Å². The molecule has 3 amide bonds. The molecule has 3 rings (SSSR count). The SMILES string of the molecule is CCCc1ccc(C(=O)CN2C(=O)NC(C)(c3ccc(F)cc3)C2=O)cc1. The van der Waals surface area contributed by atoms with Gasteiger partial charge in [0.15, 0.2) is 5.78 Å². The molecule has 1 unspecified atom stereocenters. The summed E-state index contributed by atoms with van der Waals surface area (Å²) < 4.78 is 13.2. The lowest BCUT2D eigenvalue weighted by atomic mass is 9.92. The van der Waals surface area contributed by atoms with Gasteiger partial charge in [-0.1, -0.05) is 49.7 Å². The molecule has 2 aromatic rings. The molecular formula is C21H21FN2O3. The monoisotopic (exact) mass is 368 g/mol. The number of carbonyl (C=O) groups excluding carboxylic acids is 3. The van der Waals surface area contributed by atoms with Gasteiger partial charge in [0.25, 0.3) is 5.91 Å². The molecule has 1 N–H and O–H groups in total. The van der Waals surface area contributed by atoms with Crippen LogP contribution in [-0.4, -0.2) is 29.2 Å². The van der Waals surface area contributed by atoms with Crippen molar-refractivity contribution in [3.05, 3.63) is 71.0 Å². The molecule has 1 aliphatic heterocycles. The smallest absolute Gasteiger partial charge is 0.319 e. The highest BCUT2D eigenvalue weighted by atomic mass is 19.1. The summed E-state index contributed by atoms with van der Waals surface area (Å²) in [6.07, 6.45) is 1.94. The number of nitrogens with one attached hydrogen (secondary N) is 1. The fourth-order valence-electron chi connectivity index (χ4n) is 3.20. The molecule has 1 saturated heterocycles. The number of rotatable bonds is 6. The third-order valence-corrected chi connectivity index (χ3v) is 4.81. The van der Waals surface area contributed by atoms with E-state index in [1.165, 1.54) is 24.3 Å². The van der Waals surface area contributed by atoms with Crippen molar-refractivity contribution < 1.29 is 18.8 Å². The minimum absolute atomic E-state index is 0.315. The van der Waals surface area contributed by atoms with E-state index in [1.54, 1.807) is 19.1 Å². The maximum Gasteiger partial charge on any atom is 0.325 e. The Bertz CT molecular complexity index is 877. The number of amides is 3. The fourth-order valence-corrected chi connectivity index (χ4v) is 3.20. The van der Waals surface area contributed by atoms with Gasteiger partial charge in [-0.2, -0.15) is 0 Å². The molecule has 1 heterocycles. The number of hydrogen-bond donors (Lipinski definition) is 1. The fraction of sp³-hybridized carbons (Fsp3) is 0.286. The van der Waals surface area contributed by atoms with E-state index >= 15 is 0 Å². The van der Waals surface area contributed by atoms with Crippen molar-refractivity contribution in [1.82, 2.24) is 10.2 Å². The molecule has 0 aliphatic carbocycles. The summed E-state index contributed by atoms with van der Waals surface area (Å²) in [6, 6.07) is 11.9. The zero-order chi connectivity index (χ0) is 19.6. The maximum atomic E-state index is 13.2. The van der Waals surface area contributed by atoms with Gasteiger partial charge in [-0.05, 0) is 36.6 Å². The topological polar surface area (TPSA) is 66.5 Å². The van der Waals surface area contributed by atoms with Gasteiger partial charge in [-0.15, -0.1) is 0 Å². The van der Waals surface area contributed by atoms with Crippen molar-refractivity contribution in [1.29, 1.82) is 0 Å². The van der Waals surface area contributed by atoms with E-state index in [2.05, 4.69) is 12.2 Å². The molecule has 140 valence electrons. The van der Waals surface area contributed by atoms with Crippen molar-refractivity contribution in [2.24, 2.45) is 0 Å². The first-order chi connectivity index (χ1) is 12.8. The first kappa shape index (κ1) is 18.8. The molecule has 1 aliphatic rings. The largest absolute Gasteiger partial charge is 0.325 e. The third-order valence-electron chi connectivity index (χ3n) is 4.81. The number of aryl methyl sites for hydroxylation is 1. The lowest BCUT2D eigenvalue weighted by molar-refractivity contribution is -0.130. The third kappa shape index (κ3) is 3.60. The first-order valence-corrected chi connectivity index (χ1v) is 8.87. The lowest BCUT2D eigenvalue weighted by Gasteiger charge is -2.22. The second kappa shape index (κ2) is 7.31. The second-order valence-electron chi connectivity index (χ2n) is 6.82. The van der Waals surface area contributed by atoms with E-state index in [0.717, 1.165) is 23.3 Å². The highest BCUT2D eigenvalue weighted by molar-refractivity contribution is 6.11. The number of nitrogens with zero attached hydrogens (tertiary/aromatic N) is 1. The minimum atomic E-state index is -1.32. The molecular weight excluding hydrogens is 347 g/mol. The van der Waals surface area contributed by atoms with Crippen molar-refractivity contribution in [2.45, 2.75) is 32.2 Å². The molecule has 1 atom stereocenters. The molecule has 5 nitrogen and oxygen atoms in total. The van der Waals surface area contributed by atoms with Gasteiger partial charge in [0.2, 0.25) is 0 Å². The summed E-state index contributed by atoms with van der Waals surface area (Å²) >= 11 is 0. The van der Waals surface area contributed by atoms with Gasteiger partial charge in [0.1, 0.15) is 11.4 Å². The van der Waals surface area contributed by atoms with Crippen LogP contribution in [0, 0.1) is 5.82 Å². The van der Waals surface area contributed by atoms with E-state index in [4.69, 9.17) is 0 Å². The molecule has 6 heteroatoms. The van der Waals surface area contributed by atoms with Gasteiger partial charge in [0, 0.05) is 5.56 Å². The zero-order valence-electron chi connectivity index (χ0n) is 15.3. The summed E-state index contributed by atoms with van der Waals surface area (Å²) in [5, 5.41) is 2.61. The number of urea groups is 1. The number of imide groups is 1. The normalized spacial score (nSPS) is 19.3. The van der Waals surface area contributed by atoms with E-state index in [9.17, 15) is 18.8 Å². The van der Waals surface area contributed by atoms with E-state index in [1.807, 2.05) is 12.1 Å². The first-order valence-electron chi connectivity index (χ1n) is 8.87. The molecule has 0 radical (unpaired) electrons. The van der Waals surface area contributed by atoms with Crippen LogP contribution in [0.15, 0.2) is 48.5 Å². The Morgan fingerprint density at radius 3 is 2.30 bits per heavy atom. The molecule has 0 saturated carbocycles. The second-order valence-corrected chi connectivity index (χ2v) is 6.82. The van der Waals surface area contributed by atoms with Crippen LogP contribution in [0.2, 0.25) is 0 Å². The highest BCUT2D eigenvalue weighted by Crippen LogP contribution is 2.29. The van der Waals surface area contributed by atoms with Crippen LogP contribution in [-0.2, 0) is 16.8 Å². The van der Waals surface area contributed by atoms with Crippen molar-refractivity contribution in [3.8, 4) is 0 Å². The Morgan fingerprint density at radius 2 is 1.70 bits per heavy atom. The van der Waals surface area contributed by atoms with Crippen LogP contribution in [0.3, 0.4) is 0 Å². The van der Waals surface area contributed by atoms with Crippen LogP contribution in [0.1, 0.15) is 41.8 Å². The Labute approximate surface area is 157 Å². The summed E-state index contributed by atoms with van der Waals surface area (Å²) in [5.41, 5.74) is 0.718. The summed E-state index contributed by atoms with van der Waals surface area (Å²) in [4.78, 5) is 38.6. The average Bonchev–Trinajstić information content (AvgIpc) is 2.87. The molecule has 2 aromatic carbocycles. The molecule has 27 heavy (non-hydrogen) atoms. The predicted octanol–water partition coefficient (Wildman–Crippen LogP) is 3.43. The molecule has 0 bridgehead atoms. The molecule has 0 aromatic heterocycles. The van der Waals surface area contributed by atoms with E-state index < -0.39 is 23.3 Å². The summed E-state index contributed by atoms with van der Waals surface area (Å²) in [6.45, 7) is 3.29. The highest BCUT2D eigenvalue weighted by Gasteiger charge is 2.49. The Kier molecular flexibility index (Phi) is 5.08. The number of carbonyl (C=O) groups is 3. The van der Waals surface area contributed by atoms with Crippen LogP contribution >= 0.6 is 0 Å². The summed E-state index contributed by atoms with van der Waals surface area (Å²) in [5.74, 6) is -1.28. The Morgan fingerprint density at radius 1 is 1.07 bits per heavy atom. The number of benzene rings is 2. The summed E-state index contributed by atoms with van der Waals surface area (Å²) in [7, 11) is 0. The molecule has 0 spiro atoms. The Balaban J connectivity index is 1.77. The Hall–Kier alpha value is -3.02. The van der Waals surface area contributed by atoms with Crippen LogP contribution in [0.5, 0.6) is 0 Å². The van der Waals surface area contributed by atoms with E-state index in [-0.39, 0.29) is 12.3 Å². The van der Waals surface area contributed by atoms with Gasteiger partial charge in [-0.25, -0.2) is 9.18 Å². The number of hydrogen-bond acceptors (Lipinski definition) is 3. The van der Waals surface area contributed by atoms with Gasteiger partial charge >= 0.3 is 6.03 Å². The van der Waals surface area contributed by atoms with Crippen molar-refractivity contribution in [3.63, 3.8) is 0 Å². The van der Waals surface area contributed by atoms with Crippen LogP contribution < -0.4 is 5.32 Å². The molecule has 1 fully saturated rings. The maximum absolute atomic E-state index is 13.2. The number of ketones is 1. The predicted molar refractivity (Wildman–Crippen MR) is 98.8 cm³/mol. The van der Waals surface area contributed by atoms with Crippen LogP contribution in [0.25, 0.3) is 0 Å². The van der Waals surface area contributed by atoms with Gasteiger partial charge in [0.05, 0.1) is 6.54 Å². The quantitative estimate of drug-likeness (QED) is 0.627. The minimum Gasteiger partial charge on any atom is -0.319 e. The lowest BCUT2D eigenvalue weighted by Crippen LogP contribution is -2.41.